The second-order valence-electron chi connectivity index (χ2n) is 10.6. The van der Waals surface area contributed by atoms with Gasteiger partial charge >= 0.3 is 0 Å². The van der Waals surface area contributed by atoms with E-state index in [1.165, 1.54) is 11.1 Å². The van der Waals surface area contributed by atoms with E-state index in [1.54, 1.807) is 0 Å². The lowest BCUT2D eigenvalue weighted by Crippen LogP contribution is -2.15. The first kappa shape index (κ1) is 21.4. The van der Waals surface area contributed by atoms with Crippen LogP contribution in [0, 0.1) is 0 Å². The van der Waals surface area contributed by atoms with Crippen LogP contribution in [0.3, 0.4) is 0 Å². The van der Waals surface area contributed by atoms with Gasteiger partial charge in [0.15, 0.2) is 0 Å². The molecule has 0 atom stereocenters. The van der Waals surface area contributed by atoms with Crippen LogP contribution in [0.5, 0.6) is 0 Å². The van der Waals surface area contributed by atoms with Gasteiger partial charge in [0.1, 0.15) is 12.7 Å². The molecule has 0 aliphatic carbocycles. The van der Waals surface area contributed by atoms with Crippen molar-refractivity contribution in [2.24, 2.45) is 0 Å². The third-order valence-electron chi connectivity index (χ3n) is 7.03. The van der Waals surface area contributed by atoms with Gasteiger partial charge in [-0.2, -0.15) is 0 Å². The Balaban J connectivity index is 1.49. The highest BCUT2D eigenvalue weighted by molar-refractivity contribution is 5.80. The summed E-state index contributed by atoms with van der Waals surface area (Å²) in [7, 11) is 0. The van der Waals surface area contributed by atoms with Crippen LogP contribution in [0.1, 0.15) is 59.1 Å². The van der Waals surface area contributed by atoms with Crippen LogP contribution in [0.2, 0.25) is 0 Å². The van der Waals surface area contributed by atoms with E-state index in [-0.39, 0.29) is 10.8 Å². The molecular weight excluding hydrogens is 404 g/mol. The molecule has 0 saturated carbocycles. The van der Waals surface area contributed by atoms with Gasteiger partial charge in [-0.1, -0.05) is 53.7 Å². The van der Waals surface area contributed by atoms with Crippen molar-refractivity contribution in [1.29, 1.82) is 0 Å². The Morgan fingerprint density at radius 3 is 1.55 bits per heavy atom. The third kappa shape index (κ3) is 3.74. The molecule has 168 valence electrons. The highest BCUT2D eigenvalue weighted by atomic mass is 15.1. The SMILES string of the molecule is CCC(C)(C)c1ccc2c(c1)ncn2-c1ccc(-n2cnc3cc(C(C)(C)C)ccc32)cc1. The number of benzene rings is 3. The maximum atomic E-state index is 4.69. The van der Waals surface area contributed by atoms with Crippen molar-refractivity contribution in [3.63, 3.8) is 0 Å². The molecule has 33 heavy (non-hydrogen) atoms. The summed E-state index contributed by atoms with van der Waals surface area (Å²) in [6, 6.07) is 21.8. The number of fused-ring (bicyclic) bond motifs is 2. The minimum Gasteiger partial charge on any atom is -0.299 e. The Hall–Kier alpha value is -3.40. The maximum absolute atomic E-state index is 4.69. The topological polar surface area (TPSA) is 35.6 Å². The van der Waals surface area contributed by atoms with Crippen molar-refractivity contribution in [3.05, 3.63) is 84.4 Å². The zero-order valence-corrected chi connectivity index (χ0v) is 20.4. The molecule has 0 spiro atoms. The zero-order chi connectivity index (χ0) is 23.4. The minimum atomic E-state index is 0.111. The van der Waals surface area contributed by atoms with Gasteiger partial charge in [0.2, 0.25) is 0 Å². The van der Waals surface area contributed by atoms with Crippen molar-refractivity contribution in [2.75, 3.05) is 0 Å². The summed E-state index contributed by atoms with van der Waals surface area (Å²) in [6.07, 6.45) is 4.93. The minimum absolute atomic E-state index is 0.111. The molecule has 0 unspecified atom stereocenters. The predicted molar refractivity (Wildman–Crippen MR) is 138 cm³/mol. The molecular formula is C29H32N4. The Morgan fingerprint density at radius 2 is 1.09 bits per heavy atom. The normalized spacial score (nSPS) is 12.7. The Morgan fingerprint density at radius 1 is 0.636 bits per heavy atom. The number of hydrogen-bond acceptors (Lipinski definition) is 2. The summed E-state index contributed by atoms with van der Waals surface area (Å²) in [5, 5.41) is 0. The van der Waals surface area contributed by atoms with E-state index in [4.69, 9.17) is 4.98 Å². The van der Waals surface area contributed by atoms with Gasteiger partial charge in [0.05, 0.1) is 22.1 Å². The first-order valence-corrected chi connectivity index (χ1v) is 11.7. The number of hydrogen-bond donors (Lipinski definition) is 0. The second kappa shape index (κ2) is 7.58. The van der Waals surface area contributed by atoms with Crippen LogP contribution in [0.15, 0.2) is 73.3 Å². The first-order chi connectivity index (χ1) is 15.7. The molecule has 4 heteroatoms. The number of imidazole rings is 2. The number of rotatable bonds is 4. The first-order valence-electron chi connectivity index (χ1n) is 11.7. The van der Waals surface area contributed by atoms with E-state index in [0.717, 1.165) is 39.9 Å². The largest absolute Gasteiger partial charge is 0.299 e. The van der Waals surface area contributed by atoms with E-state index in [9.17, 15) is 0 Å². The fourth-order valence-electron chi connectivity index (χ4n) is 4.30. The molecule has 4 nitrogen and oxygen atoms in total. The van der Waals surface area contributed by atoms with Crippen LogP contribution in [-0.2, 0) is 10.8 Å². The van der Waals surface area contributed by atoms with E-state index in [0.29, 0.717) is 0 Å². The average Bonchev–Trinajstić information content (AvgIpc) is 3.42. The molecule has 0 N–H and O–H groups in total. The molecule has 0 fully saturated rings. The molecule has 0 aliphatic rings. The van der Waals surface area contributed by atoms with E-state index >= 15 is 0 Å². The molecule has 0 amide bonds. The third-order valence-corrected chi connectivity index (χ3v) is 7.03. The number of nitrogens with zero attached hydrogens (tertiary/aromatic N) is 4. The van der Waals surface area contributed by atoms with E-state index in [2.05, 4.69) is 116 Å². The Labute approximate surface area is 195 Å². The van der Waals surface area contributed by atoms with Gasteiger partial charge in [0.25, 0.3) is 0 Å². The average molecular weight is 437 g/mol. The number of aromatic nitrogens is 4. The van der Waals surface area contributed by atoms with Crippen molar-refractivity contribution < 1.29 is 0 Å². The van der Waals surface area contributed by atoms with E-state index < -0.39 is 0 Å². The molecule has 2 aromatic heterocycles. The van der Waals surface area contributed by atoms with Crippen molar-refractivity contribution in [3.8, 4) is 11.4 Å². The highest BCUT2D eigenvalue weighted by Crippen LogP contribution is 2.30. The monoisotopic (exact) mass is 436 g/mol. The Bertz CT molecular complexity index is 1440. The smallest absolute Gasteiger partial charge is 0.100 e. The van der Waals surface area contributed by atoms with Crippen LogP contribution < -0.4 is 0 Å². The summed E-state index contributed by atoms with van der Waals surface area (Å²) in [5.74, 6) is 0. The molecule has 0 aliphatic heterocycles. The predicted octanol–water partition coefficient (Wildman–Crippen LogP) is 7.35. The summed E-state index contributed by atoms with van der Waals surface area (Å²) in [6.45, 7) is 13.5. The lowest BCUT2D eigenvalue weighted by Gasteiger charge is -2.23. The van der Waals surface area contributed by atoms with Crippen LogP contribution >= 0.6 is 0 Å². The standard InChI is InChI=1S/C29H32N4/c1-7-29(5,6)21-9-15-27-25(17-21)31-19-33(27)23-12-10-22(11-13-23)32-18-30-24-16-20(28(2,3)4)8-14-26(24)32/h8-19H,7H2,1-6H3. The van der Waals surface area contributed by atoms with Gasteiger partial charge in [-0.3, -0.25) is 9.13 Å². The van der Waals surface area contributed by atoms with Gasteiger partial charge in [0, 0.05) is 11.4 Å². The quantitative estimate of drug-likeness (QED) is 0.295. The van der Waals surface area contributed by atoms with E-state index in [1.807, 2.05) is 12.7 Å². The van der Waals surface area contributed by atoms with Crippen molar-refractivity contribution in [2.45, 2.75) is 58.8 Å². The Kier molecular flexibility index (Phi) is 4.93. The fraction of sp³-hybridized carbons (Fsp3) is 0.310. The molecule has 5 rings (SSSR count). The van der Waals surface area contributed by atoms with Crippen LogP contribution in [0.4, 0.5) is 0 Å². The maximum Gasteiger partial charge on any atom is 0.100 e. The van der Waals surface area contributed by atoms with Gasteiger partial charge < -0.3 is 0 Å². The van der Waals surface area contributed by atoms with Gasteiger partial charge in [-0.05, 0) is 76.9 Å². The summed E-state index contributed by atoms with van der Waals surface area (Å²) in [4.78, 5) is 9.36. The molecule has 2 heterocycles. The zero-order valence-electron chi connectivity index (χ0n) is 20.4. The molecule has 0 bridgehead atoms. The molecule has 0 radical (unpaired) electrons. The van der Waals surface area contributed by atoms with Gasteiger partial charge in [-0.15, -0.1) is 0 Å². The van der Waals surface area contributed by atoms with Gasteiger partial charge in [-0.25, -0.2) is 9.97 Å². The van der Waals surface area contributed by atoms with Crippen LogP contribution in [0.25, 0.3) is 33.4 Å². The van der Waals surface area contributed by atoms with Crippen molar-refractivity contribution in [1.82, 2.24) is 19.1 Å². The highest BCUT2D eigenvalue weighted by Gasteiger charge is 2.19. The van der Waals surface area contributed by atoms with Crippen molar-refractivity contribution >= 4 is 22.1 Å². The second-order valence-corrected chi connectivity index (χ2v) is 10.6. The summed E-state index contributed by atoms with van der Waals surface area (Å²) < 4.78 is 4.31. The lowest BCUT2D eigenvalue weighted by molar-refractivity contribution is 0.507. The molecule has 5 aromatic rings. The summed E-state index contributed by atoms with van der Waals surface area (Å²) in [5.41, 5.74) is 9.40. The molecule has 3 aromatic carbocycles. The molecule has 0 saturated heterocycles. The lowest BCUT2D eigenvalue weighted by atomic mass is 9.82. The summed E-state index contributed by atoms with van der Waals surface area (Å²) >= 11 is 0. The fourth-order valence-corrected chi connectivity index (χ4v) is 4.30. The van der Waals surface area contributed by atoms with Crippen LogP contribution in [-0.4, -0.2) is 19.1 Å².